The van der Waals surface area contributed by atoms with Gasteiger partial charge in [-0.2, -0.15) is 0 Å². The van der Waals surface area contributed by atoms with Gasteiger partial charge in [0.1, 0.15) is 5.76 Å². The molecule has 1 rings (SSSR count). The molecule has 0 aliphatic carbocycles. The molecule has 0 radical (unpaired) electrons. The van der Waals surface area contributed by atoms with Gasteiger partial charge in [0.25, 0.3) is 0 Å². The predicted molar refractivity (Wildman–Crippen MR) is 52.9 cm³/mol. The lowest BCUT2D eigenvalue weighted by molar-refractivity contribution is 0.0647. The average molecular weight is 199 g/mol. The van der Waals surface area contributed by atoms with Gasteiger partial charge >= 0.3 is 0 Å². The van der Waals surface area contributed by atoms with Gasteiger partial charge in [0.05, 0.1) is 19.0 Å². The van der Waals surface area contributed by atoms with Gasteiger partial charge in [0.2, 0.25) is 0 Å². The van der Waals surface area contributed by atoms with Gasteiger partial charge in [0, 0.05) is 18.7 Å². The van der Waals surface area contributed by atoms with Crippen LogP contribution < -0.4 is 0 Å². The fourth-order valence-corrected chi connectivity index (χ4v) is 1.35. The Hall–Kier alpha value is -0.840. The second-order valence-electron chi connectivity index (χ2n) is 3.54. The molecule has 0 aromatic carbocycles. The lowest BCUT2D eigenvalue weighted by Crippen LogP contribution is -2.31. The van der Waals surface area contributed by atoms with Crippen LogP contribution in [0.2, 0.25) is 0 Å². The Balaban J connectivity index is 2.41. The van der Waals surface area contributed by atoms with Crippen molar-refractivity contribution in [3.8, 4) is 0 Å². The minimum Gasteiger partial charge on any atom is -0.469 e. The lowest BCUT2D eigenvalue weighted by Gasteiger charge is -2.18. The molecule has 14 heavy (non-hydrogen) atoms. The molecule has 0 saturated heterocycles. The van der Waals surface area contributed by atoms with Crippen LogP contribution in [-0.2, 0) is 6.54 Å². The minimum atomic E-state index is -0.674. The van der Waals surface area contributed by atoms with Gasteiger partial charge in [-0.1, -0.05) is 0 Å². The average Bonchev–Trinajstić information content (AvgIpc) is 2.51. The number of likely N-dealkylation sites (N-methyl/N-ethyl adjacent to an activating group) is 1. The summed E-state index contributed by atoms with van der Waals surface area (Å²) in [5.41, 5.74) is 1.11. The van der Waals surface area contributed by atoms with Crippen LogP contribution >= 0.6 is 0 Å². The molecule has 0 aliphatic rings. The van der Waals surface area contributed by atoms with Gasteiger partial charge in [-0.3, -0.25) is 4.90 Å². The molecule has 0 bridgehead atoms. The van der Waals surface area contributed by atoms with E-state index in [1.54, 1.807) is 6.26 Å². The van der Waals surface area contributed by atoms with E-state index in [1.807, 2.05) is 24.9 Å². The van der Waals surface area contributed by atoms with Crippen LogP contribution in [-0.4, -0.2) is 41.4 Å². The highest BCUT2D eigenvalue weighted by Crippen LogP contribution is 2.10. The summed E-state index contributed by atoms with van der Waals surface area (Å²) in [5.74, 6) is 0.898. The Morgan fingerprint density at radius 2 is 2.29 bits per heavy atom. The number of aliphatic hydroxyl groups is 2. The Morgan fingerprint density at radius 3 is 2.79 bits per heavy atom. The summed E-state index contributed by atoms with van der Waals surface area (Å²) in [4.78, 5) is 1.94. The van der Waals surface area contributed by atoms with Crippen molar-refractivity contribution in [3.05, 3.63) is 23.7 Å². The molecule has 1 unspecified atom stereocenters. The smallest absolute Gasteiger partial charge is 0.105 e. The molecule has 4 nitrogen and oxygen atoms in total. The molecule has 0 saturated carbocycles. The maximum atomic E-state index is 9.21. The van der Waals surface area contributed by atoms with Crippen molar-refractivity contribution in [1.29, 1.82) is 0 Å². The van der Waals surface area contributed by atoms with Gasteiger partial charge in [0.15, 0.2) is 0 Å². The first-order valence-electron chi connectivity index (χ1n) is 4.64. The third kappa shape index (κ3) is 3.14. The Kier molecular flexibility index (Phi) is 4.13. The van der Waals surface area contributed by atoms with Crippen molar-refractivity contribution < 1.29 is 14.6 Å². The number of hydrogen-bond donors (Lipinski definition) is 2. The zero-order chi connectivity index (χ0) is 10.6. The Labute approximate surface area is 83.8 Å². The summed E-state index contributed by atoms with van der Waals surface area (Å²) in [6, 6.07) is 1.91. The van der Waals surface area contributed by atoms with E-state index >= 15 is 0 Å². The maximum absolute atomic E-state index is 9.21. The molecule has 2 N–H and O–H groups in total. The van der Waals surface area contributed by atoms with Gasteiger partial charge in [-0.15, -0.1) is 0 Å². The fraction of sp³-hybridized carbons (Fsp3) is 0.600. The van der Waals surface area contributed by atoms with E-state index < -0.39 is 6.10 Å². The predicted octanol–water partition coefficient (Wildman–Crippen LogP) is 0.373. The van der Waals surface area contributed by atoms with Crippen molar-refractivity contribution >= 4 is 0 Å². The summed E-state index contributed by atoms with van der Waals surface area (Å²) < 4.78 is 5.16. The van der Waals surface area contributed by atoms with E-state index in [-0.39, 0.29) is 6.61 Å². The van der Waals surface area contributed by atoms with Crippen molar-refractivity contribution in [3.63, 3.8) is 0 Å². The number of aryl methyl sites for hydroxylation is 1. The number of hydrogen-bond acceptors (Lipinski definition) is 4. The quantitative estimate of drug-likeness (QED) is 0.719. The van der Waals surface area contributed by atoms with E-state index in [9.17, 15) is 5.11 Å². The zero-order valence-corrected chi connectivity index (χ0v) is 8.60. The first-order valence-corrected chi connectivity index (χ1v) is 4.64. The van der Waals surface area contributed by atoms with E-state index in [4.69, 9.17) is 9.52 Å². The summed E-state index contributed by atoms with van der Waals surface area (Å²) in [5, 5.41) is 17.9. The summed E-state index contributed by atoms with van der Waals surface area (Å²) in [6.07, 6.45) is 0.980. The summed E-state index contributed by atoms with van der Waals surface area (Å²) in [6.45, 7) is 2.89. The molecule has 4 heteroatoms. The normalized spacial score (nSPS) is 13.5. The summed E-state index contributed by atoms with van der Waals surface area (Å²) >= 11 is 0. The molecule has 1 aromatic heterocycles. The van der Waals surface area contributed by atoms with Crippen LogP contribution in [0.1, 0.15) is 11.3 Å². The van der Waals surface area contributed by atoms with E-state index in [0.717, 1.165) is 17.9 Å². The molecule has 0 aliphatic heterocycles. The second-order valence-corrected chi connectivity index (χ2v) is 3.54. The fourth-order valence-electron chi connectivity index (χ4n) is 1.35. The van der Waals surface area contributed by atoms with Crippen molar-refractivity contribution in [1.82, 2.24) is 4.90 Å². The molecule has 0 amide bonds. The van der Waals surface area contributed by atoms with Gasteiger partial charge in [-0.25, -0.2) is 0 Å². The monoisotopic (exact) mass is 199 g/mol. The highest BCUT2D eigenvalue weighted by Gasteiger charge is 2.09. The number of aliphatic hydroxyl groups excluding tert-OH is 2. The standard InChI is InChI=1S/C10H17NO3/c1-8-9(3-4-14-8)5-11(2)6-10(13)7-12/h3-4,10,12-13H,5-7H2,1-2H3. The molecular formula is C10H17NO3. The van der Waals surface area contributed by atoms with Gasteiger partial charge < -0.3 is 14.6 Å². The number of rotatable bonds is 5. The SMILES string of the molecule is Cc1occc1CN(C)CC(O)CO. The number of nitrogens with zero attached hydrogens (tertiary/aromatic N) is 1. The largest absolute Gasteiger partial charge is 0.469 e. The molecule has 1 aromatic rings. The molecular weight excluding hydrogens is 182 g/mol. The molecule has 1 heterocycles. The third-order valence-corrected chi connectivity index (χ3v) is 2.14. The van der Waals surface area contributed by atoms with Crippen molar-refractivity contribution in [2.75, 3.05) is 20.2 Å². The molecule has 0 fully saturated rings. The van der Waals surface area contributed by atoms with Crippen molar-refractivity contribution in [2.45, 2.75) is 19.6 Å². The minimum absolute atomic E-state index is 0.200. The van der Waals surface area contributed by atoms with Crippen LogP contribution in [0.4, 0.5) is 0 Å². The van der Waals surface area contributed by atoms with Crippen LogP contribution in [0, 0.1) is 6.92 Å². The molecule has 0 spiro atoms. The molecule has 80 valence electrons. The summed E-state index contributed by atoms with van der Waals surface area (Å²) in [7, 11) is 1.89. The highest BCUT2D eigenvalue weighted by atomic mass is 16.3. The van der Waals surface area contributed by atoms with E-state index in [0.29, 0.717) is 6.54 Å². The maximum Gasteiger partial charge on any atom is 0.105 e. The Morgan fingerprint density at radius 1 is 1.57 bits per heavy atom. The van der Waals surface area contributed by atoms with Crippen LogP contribution in [0.15, 0.2) is 16.7 Å². The van der Waals surface area contributed by atoms with Crippen molar-refractivity contribution in [2.24, 2.45) is 0 Å². The van der Waals surface area contributed by atoms with Crippen LogP contribution in [0.25, 0.3) is 0 Å². The molecule has 1 atom stereocenters. The Bertz CT molecular complexity index is 272. The topological polar surface area (TPSA) is 56.8 Å². The third-order valence-electron chi connectivity index (χ3n) is 2.14. The van der Waals surface area contributed by atoms with E-state index in [1.165, 1.54) is 0 Å². The highest BCUT2D eigenvalue weighted by molar-refractivity contribution is 5.14. The van der Waals surface area contributed by atoms with Crippen LogP contribution in [0.3, 0.4) is 0 Å². The first-order chi connectivity index (χ1) is 6.63. The van der Waals surface area contributed by atoms with Crippen LogP contribution in [0.5, 0.6) is 0 Å². The van der Waals surface area contributed by atoms with Gasteiger partial charge in [-0.05, 0) is 20.0 Å². The second kappa shape index (κ2) is 5.14. The van der Waals surface area contributed by atoms with E-state index in [2.05, 4.69) is 0 Å². The lowest BCUT2D eigenvalue weighted by atomic mass is 10.2. The first kappa shape index (κ1) is 11.2. The number of furan rings is 1. The zero-order valence-electron chi connectivity index (χ0n) is 8.60.